The lowest BCUT2D eigenvalue weighted by molar-refractivity contribution is -0.116. The molecular formula is C23H24N4O2S. The third-order valence-corrected chi connectivity index (χ3v) is 5.63. The van der Waals surface area contributed by atoms with Gasteiger partial charge in [-0.3, -0.25) is 9.78 Å². The summed E-state index contributed by atoms with van der Waals surface area (Å²) in [6.45, 7) is 4.46. The van der Waals surface area contributed by atoms with Crippen LogP contribution in [0.15, 0.2) is 65.4 Å². The van der Waals surface area contributed by atoms with E-state index in [4.69, 9.17) is 16.6 Å². The van der Waals surface area contributed by atoms with Gasteiger partial charge in [0.25, 0.3) is 0 Å². The van der Waals surface area contributed by atoms with E-state index in [1.165, 1.54) is 0 Å². The van der Waals surface area contributed by atoms with Crippen LogP contribution >= 0.6 is 12.2 Å². The van der Waals surface area contributed by atoms with Crippen LogP contribution in [0.1, 0.15) is 41.1 Å². The van der Waals surface area contributed by atoms with Crippen molar-refractivity contribution < 1.29 is 9.21 Å². The van der Waals surface area contributed by atoms with E-state index in [2.05, 4.69) is 15.6 Å². The van der Waals surface area contributed by atoms with Crippen LogP contribution in [-0.2, 0) is 4.79 Å². The molecule has 154 valence electrons. The fourth-order valence-electron chi connectivity index (χ4n) is 3.72. The fourth-order valence-corrected chi connectivity index (χ4v) is 4.05. The number of aromatic nitrogens is 1. The van der Waals surface area contributed by atoms with E-state index >= 15 is 0 Å². The summed E-state index contributed by atoms with van der Waals surface area (Å²) in [5.74, 6) is 0.735. The molecule has 1 amide bonds. The minimum absolute atomic E-state index is 0.0500. The number of rotatable bonds is 6. The second kappa shape index (κ2) is 8.67. The predicted molar refractivity (Wildman–Crippen MR) is 120 cm³/mol. The maximum absolute atomic E-state index is 12.6. The number of amides is 1. The molecule has 0 spiro atoms. The average molecular weight is 421 g/mol. The molecule has 2 atom stereocenters. The van der Waals surface area contributed by atoms with Crippen molar-refractivity contribution in [3.63, 3.8) is 0 Å². The van der Waals surface area contributed by atoms with Crippen molar-refractivity contribution in [3.05, 3.63) is 83.6 Å². The van der Waals surface area contributed by atoms with Crippen molar-refractivity contribution in [1.29, 1.82) is 0 Å². The maximum atomic E-state index is 12.6. The second-order valence-electron chi connectivity index (χ2n) is 7.45. The molecule has 2 aromatic heterocycles. The molecule has 0 radical (unpaired) electrons. The van der Waals surface area contributed by atoms with Gasteiger partial charge in [-0.15, -0.1) is 0 Å². The zero-order chi connectivity index (χ0) is 21.1. The van der Waals surface area contributed by atoms with Crippen molar-refractivity contribution in [3.8, 4) is 0 Å². The molecule has 1 aliphatic rings. The van der Waals surface area contributed by atoms with Crippen molar-refractivity contribution in [1.82, 2.24) is 15.2 Å². The third kappa shape index (κ3) is 4.21. The standard InChI is InChI=1S/C23H24N4O2S/c1-15-8-9-16(2)18(14-15)25-20(28)10-12-27-22(19-7-5-13-29-19)21(26-23(27)30)17-6-3-4-11-24-17/h3-9,11,13-14,21-22H,10,12H2,1-2H3,(H,25,28)(H,26,30)/t21-,22+/m0/s1. The molecule has 2 N–H and O–H groups in total. The highest BCUT2D eigenvalue weighted by Gasteiger charge is 2.41. The average Bonchev–Trinajstić information content (AvgIpc) is 3.37. The molecule has 4 rings (SSSR count). The predicted octanol–water partition coefficient (Wildman–Crippen LogP) is 4.29. The quantitative estimate of drug-likeness (QED) is 0.580. The van der Waals surface area contributed by atoms with Crippen molar-refractivity contribution in [2.75, 3.05) is 11.9 Å². The second-order valence-corrected chi connectivity index (χ2v) is 7.84. The zero-order valence-corrected chi connectivity index (χ0v) is 17.8. The first kappa shape index (κ1) is 20.1. The van der Waals surface area contributed by atoms with Gasteiger partial charge in [-0.25, -0.2) is 0 Å². The van der Waals surface area contributed by atoms with Gasteiger partial charge in [0.05, 0.1) is 18.0 Å². The maximum Gasteiger partial charge on any atom is 0.226 e. The summed E-state index contributed by atoms with van der Waals surface area (Å²) in [6, 6.07) is 15.3. The highest BCUT2D eigenvalue weighted by molar-refractivity contribution is 7.80. The summed E-state index contributed by atoms with van der Waals surface area (Å²) >= 11 is 5.60. The van der Waals surface area contributed by atoms with Crippen LogP contribution in [-0.4, -0.2) is 27.4 Å². The van der Waals surface area contributed by atoms with E-state index in [0.29, 0.717) is 18.1 Å². The van der Waals surface area contributed by atoms with E-state index in [9.17, 15) is 4.79 Å². The van der Waals surface area contributed by atoms with Gasteiger partial charge in [-0.2, -0.15) is 0 Å². The van der Waals surface area contributed by atoms with Crippen molar-refractivity contribution in [2.24, 2.45) is 0 Å². The summed E-state index contributed by atoms with van der Waals surface area (Å²) in [5, 5.41) is 6.96. The Hall–Kier alpha value is -3.19. The Morgan fingerprint density at radius 2 is 2.10 bits per heavy atom. The van der Waals surface area contributed by atoms with Gasteiger partial charge in [0, 0.05) is 24.8 Å². The Labute approximate surface area is 181 Å². The highest BCUT2D eigenvalue weighted by atomic mass is 32.1. The Bertz CT molecular complexity index is 1040. The molecule has 1 aliphatic heterocycles. The van der Waals surface area contributed by atoms with Crippen LogP contribution in [0.3, 0.4) is 0 Å². The lowest BCUT2D eigenvalue weighted by atomic mass is 10.0. The van der Waals surface area contributed by atoms with Crippen LogP contribution in [0.25, 0.3) is 0 Å². The molecule has 0 bridgehead atoms. The molecule has 6 nitrogen and oxygen atoms in total. The van der Waals surface area contributed by atoms with Crippen LogP contribution in [0.2, 0.25) is 0 Å². The van der Waals surface area contributed by atoms with Gasteiger partial charge in [-0.1, -0.05) is 18.2 Å². The van der Waals surface area contributed by atoms with Crippen LogP contribution in [0, 0.1) is 13.8 Å². The molecule has 3 aromatic rings. The lowest BCUT2D eigenvalue weighted by Gasteiger charge is -2.25. The number of hydrogen-bond acceptors (Lipinski definition) is 4. The van der Waals surface area contributed by atoms with E-state index in [1.54, 1.807) is 12.5 Å². The Kier molecular flexibility index (Phi) is 5.81. The van der Waals surface area contributed by atoms with Gasteiger partial charge in [-0.05, 0) is 67.5 Å². The minimum atomic E-state index is -0.170. The summed E-state index contributed by atoms with van der Waals surface area (Å²) in [4.78, 5) is 19.1. The molecule has 30 heavy (non-hydrogen) atoms. The number of thiocarbonyl (C=S) groups is 1. The molecule has 3 heterocycles. The van der Waals surface area contributed by atoms with Gasteiger partial charge in [0.15, 0.2) is 5.11 Å². The number of carbonyl (C=O) groups is 1. The van der Waals surface area contributed by atoms with Gasteiger partial charge < -0.3 is 20.0 Å². The molecule has 1 aromatic carbocycles. The molecule has 0 aliphatic carbocycles. The smallest absolute Gasteiger partial charge is 0.226 e. The molecule has 0 unspecified atom stereocenters. The van der Waals surface area contributed by atoms with E-state index in [-0.39, 0.29) is 18.0 Å². The number of hydrogen-bond donors (Lipinski definition) is 2. The van der Waals surface area contributed by atoms with Crippen molar-refractivity contribution >= 4 is 28.9 Å². The molecule has 1 fully saturated rings. The van der Waals surface area contributed by atoms with Crippen LogP contribution in [0.5, 0.6) is 0 Å². The SMILES string of the molecule is Cc1ccc(C)c(NC(=O)CCN2C(=S)N[C@@H](c3ccccn3)[C@H]2c2ccco2)c1. The number of nitrogens with one attached hydrogen (secondary N) is 2. The number of pyridine rings is 1. The Morgan fingerprint density at radius 1 is 1.23 bits per heavy atom. The van der Waals surface area contributed by atoms with E-state index < -0.39 is 0 Å². The Balaban J connectivity index is 1.50. The van der Waals surface area contributed by atoms with E-state index in [0.717, 1.165) is 28.3 Å². The fraction of sp³-hybridized carbons (Fsp3) is 0.261. The van der Waals surface area contributed by atoms with Crippen molar-refractivity contribution in [2.45, 2.75) is 32.4 Å². The normalized spacial score (nSPS) is 18.3. The van der Waals surface area contributed by atoms with Gasteiger partial charge in [0.2, 0.25) is 5.91 Å². The molecular weight excluding hydrogens is 396 g/mol. The summed E-state index contributed by atoms with van der Waals surface area (Å²) in [6.07, 6.45) is 3.72. The number of anilines is 1. The number of carbonyl (C=O) groups excluding carboxylic acids is 1. The topological polar surface area (TPSA) is 70.4 Å². The van der Waals surface area contributed by atoms with Crippen LogP contribution < -0.4 is 10.6 Å². The van der Waals surface area contributed by atoms with Gasteiger partial charge in [0.1, 0.15) is 11.8 Å². The van der Waals surface area contributed by atoms with E-state index in [1.807, 2.05) is 67.3 Å². The zero-order valence-electron chi connectivity index (χ0n) is 17.0. The number of furan rings is 1. The monoisotopic (exact) mass is 420 g/mol. The molecule has 7 heteroatoms. The van der Waals surface area contributed by atoms with Crippen LogP contribution in [0.4, 0.5) is 5.69 Å². The number of benzene rings is 1. The lowest BCUT2D eigenvalue weighted by Crippen LogP contribution is -2.32. The highest BCUT2D eigenvalue weighted by Crippen LogP contribution is 2.38. The van der Waals surface area contributed by atoms with Gasteiger partial charge >= 0.3 is 0 Å². The summed E-state index contributed by atoms with van der Waals surface area (Å²) < 4.78 is 5.71. The number of nitrogens with zero attached hydrogens (tertiary/aromatic N) is 2. The first-order valence-corrected chi connectivity index (χ1v) is 10.3. The minimum Gasteiger partial charge on any atom is -0.467 e. The largest absolute Gasteiger partial charge is 0.467 e. The summed E-state index contributed by atoms with van der Waals surface area (Å²) in [5.41, 5.74) is 3.87. The number of aryl methyl sites for hydroxylation is 2. The first-order chi connectivity index (χ1) is 14.5. The molecule has 1 saturated heterocycles. The molecule has 0 saturated carbocycles. The first-order valence-electron chi connectivity index (χ1n) is 9.91. The summed E-state index contributed by atoms with van der Waals surface area (Å²) in [7, 11) is 0. The Morgan fingerprint density at radius 3 is 2.83 bits per heavy atom. The third-order valence-electron chi connectivity index (χ3n) is 5.28.